The summed E-state index contributed by atoms with van der Waals surface area (Å²) >= 11 is 0. The number of nitrogens with two attached hydrogens (primary N) is 1. The molecule has 7 aromatic rings. The zero-order valence-electron chi connectivity index (χ0n) is 30.1. The molecular weight excluding hydrogens is 693 g/mol. The molecule has 264 valence electrons. The zero-order valence-corrected chi connectivity index (χ0v) is 32.1. The van der Waals surface area contributed by atoms with Crippen LogP contribution in [0.2, 0.25) is 0 Å². The molecule has 1 aliphatic heterocycles. The fourth-order valence-corrected chi connectivity index (χ4v) is 25.6. The molecule has 1 aliphatic rings. The molecule has 4 nitrogen and oxygen atoms in total. The smallest absolute Gasteiger partial charge is 0.261 e. The standard InChI is InChI=1S/C48H42N2O2Si2/c49-37-21-36-48(50-46(51)44-34-19-20-35-45(44)47(50)52,53(38-22-7-1-8-23-38,39-24-9-2-10-25-39)40-26-11-3-12-27-40)54(41-28-13-4-14-29-41,42-30-15-5-16-31-42)43-32-17-6-18-33-43/h1-20,22-35H,21,36-37,49H2. The van der Waals surface area contributed by atoms with Crippen LogP contribution < -0.4 is 36.9 Å². The molecule has 54 heavy (non-hydrogen) atoms. The van der Waals surface area contributed by atoms with Crippen LogP contribution in [0.5, 0.6) is 0 Å². The maximum Gasteiger partial charge on any atom is 0.261 e. The number of fused-ring (bicyclic) bond motifs is 1. The molecule has 2 N–H and O–H groups in total. The van der Waals surface area contributed by atoms with Gasteiger partial charge in [0, 0.05) is 0 Å². The van der Waals surface area contributed by atoms with Crippen LogP contribution in [0.4, 0.5) is 0 Å². The second-order valence-electron chi connectivity index (χ2n) is 13.9. The van der Waals surface area contributed by atoms with Crippen LogP contribution >= 0.6 is 0 Å². The van der Waals surface area contributed by atoms with Gasteiger partial charge in [-0.05, 0) is 62.6 Å². The second kappa shape index (κ2) is 14.8. The number of nitrogens with zero attached hydrogens (tertiary/aromatic N) is 1. The van der Waals surface area contributed by atoms with Crippen molar-refractivity contribution in [3.63, 3.8) is 0 Å². The molecule has 8 rings (SSSR count). The van der Waals surface area contributed by atoms with E-state index < -0.39 is 20.9 Å². The average molecular weight is 735 g/mol. The Morgan fingerprint density at radius 3 is 0.870 bits per heavy atom. The van der Waals surface area contributed by atoms with Crippen molar-refractivity contribution in [3.05, 3.63) is 217 Å². The number of amides is 2. The summed E-state index contributed by atoms with van der Waals surface area (Å²) in [4.78, 5) is 32.3. The Bertz CT molecular complexity index is 2000. The predicted molar refractivity (Wildman–Crippen MR) is 226 cm³/mol. The normalized spacial score (nSPS) is 13.2. The van der Waals surface area contributed by atoms with Gasteiger partial charge in [-0.1, -0.05) is 194 Å². The maximum absolute atomic E-state index is 15.8. The van der Waals surface area contributed by atoms with Crippen molar-refractivity contribution >= 4 is 59.1 Å². The molecule has 6 heteroatoms. The van der Waals surface area contributed by atoms with Gasteiger partial charge in [-0.2, -0.15) is 0 Å². The Balaban J connectivity index is 1.73. The highest BCUT2D eigenvalue weighted by atomic mass is 28.4. The lowest BCUT2D eigenvalue weighted by molar-refractivity contribution is 0.0587. The van der Waals surface area contributed by atoms with E-state index in [4.69, 9.17) is 5.73 Å². The summed E-state index contributed by atoms with van der Waals surface area (Å²) in [7, 11) is -7.44. The first-order valence-electron chi connectivity index (χ1n) is 18.6. The van der Waals surface area contributed by atoms with Crippen LogP contribution in [0, 0.1) is 0 Å². The monoisotopic (exact) mass is 734 g/mol. The van der Waals surface area contributed by atoms with Gasteiger partial charge in [0.1, 0.15) is 0 Å². The summed E-state index contributed by atoms with van der Waals surface area (Å²) in [6, 6.07) is 71.8. The summed E-state index contributed by atoms with van der Waals surface area (Å²) in [6.07, 6.45) is 1.06. The van der Waals surface area contributed by atoms with Gasteiger partial charge in [0.15, 0.2) is 16.1 Å². The molecule has 0 saturated carbocycles. The molecule has 0 radical (unpaired) electrons. The van der Waals surface area contributed by atoms with Gasteiger partial charge in [-0.3, -0.25) is 14.5 Å². The largest absolute Gasteiger partial charge is 0.330 e. The van der Waals surface area contributed by atoms with Gasteiger partial charge < -0.3 is 5.73 Å². The third kappa shape index (κ3) is 5.21. The Morgan fingerprint density at radius 2 is 0.630 bits per heavy atom. The maximum atomic E-state index is 15.8. The van der Waals surface area contributed by atoms with Crippen LogP contribution in [-0.4, -0.2) is 44.2 Å². The average Bonchev–Trinajstić information content (AvgIpc) is 3.51. The van der Waals surface area contributed by atoms with E-state index in [2.05, 4.69) is 182 Å². The van der Waals surface area contributed by atoms with Gasteiger partial charge in [0.05, 0.1) is 15.9 Å². The highest BCUT2D eigenvalue weighted by molar-refractivity contribution is 7.29. The van der Waals surface area contributed by atoms with Crippen LogP contribution in [0.15, 0.2) is 206 Å². The van der Waals surface area contributed by atoms with Crippen LogP contribution in [0.1, 0.15) is 33.6 Å². The summed E-state index contributed by atoms with van der Waals surface area (Å²) in [5, 5.41) is 6.73. The molecule has 0 spiro atoms. The van der Waals surface area contributed by atoms with Gasteiger partial charge in [-0.15, -0.1) is 0 Å². The van der Waals surface area contributed by atoms with E-state index in [9.17, 15) is 0 Å². The molecular formula is C48H42N2O2Si2. The van der Waals surface area contributed by atoms with Crippen LogP contribution in [0.3, 0.4) is 0 Å². The SMILES string of the molecule is NCCCC(N1C(=O)c2ccccc2C1=O)([Si](c1ccccc1)(c1ccccc1)c1ccccc1)[Si](c1ccccc1)(c1ccccc1)c1ccccc1. The predicted octanol–water partition coefficient (Wildman–Crippen LogP) is 5.18. The molecule has 0 aliphatic carbocycles. The topological polar surface area (TPSA) is 63.4 Å². The van der Waals surface area contributed by atoms with Crippen molar-refractivity contribution in [3.8, 4) is 0 Å². The van der Waals surface area contributed by atoms with E-state index in [1.54, 1.807) is 4.90 Å². The Hall–Kier alpha value is -5.93. The van der Waals surface area contributed by atoms with Crippen molar-refractivity contribution in [1.82, 2.24) is 4.90 Å². The molecule has 0 atom stereocenters. The Labute approximate surface area is 319 Å². The molecule has 2 amide bonds. The van der Waals surface area contributed by atoms with E-state index in [1.165, 1.54) is 0 Å². The summed E-state index contributed by atoms with van der Waals surface area (Å²) in [5.41, 5.74) is 7.53. The lowest BCUT2D eigenvalue weighted by atomic mass is 10.1. The van der Waals surface area contributed by atoms with E-state index in [-0.39, 0.29) is 11.8 Å². The first kappa shape index (κ1) is 35.1. The number of carbonyl (C=O) groups is 2. The first-order valence-corrected chi connectivity index (χ1v) is 22.6. The molecule has 1 heterocycles. The third-order valence-corrected chi connectivity index (χ3v) is 24.3. The van der Waals surface area contributed by atoms with Crippen molar-refractivity contribution in [2.75, 3.05) is 6.54 Å². The van der Waals surface area contributed by atoms with Gasteiger partial charge in [0.25, 0.3) is 11.8 Å². The first-order chi connectivity index (χ1) is 26.6. The van der Waals surface area contributed by atoms with Crippen molar-refractivity contribution in [1.29, 1.82) is 0 Å². The number of imide groups is 1. The minimum atomic E-state index is -3.72. The second-order valence-corrected chi connectivity index (χ2v) is 22.6. The Morgan fingerprint density at radius 1 is 0.389 bits per heavy atom. The van der Waals surface area contributed by atoms with E-state index in [0.29, 0.717) is 30.5 Å². The molecule has 0 bridgehead atoms. The van der Waals surface area contributed by atoms with Gasteiger partial charge >= 0.3 is 0 Å². The van der Waals surface area contributed by atoms with Crippen molar-refractivity contribution in [2.24, 2.45) is 5.73 Å². The fraction of sp³-hybridized carbons (Fsp3) is 0.0833. The van der Waals surface area contributed by atoms with E-state index in [0.717, 1.165) is 31.1 Å². The lowest BCUT2D eigenvalue weighted by Gasteiger charge is -2.62. The fourth-order valence-electron chi connectivity index (χ4n) is 9.56. The van der Waals surface area contributed by atoms with Crippen molar-refractivity contribution < 1.29 is 9.59 Å². The molecule has 0 fully saturated rings. The molecule has 7 aromatic carbocycles. The number of rotatable bonds is 12. The zero-order chi connectivity index (χ0) is 37.0. The summed E-state index contributed by atoms with van der Waals surface area (Å²) < 4.78 is 0. The van der Waals surface area contributed by atoms with Gasteiger partial charge in [-0.25, -0.2) is 0 Å². The quantitative estimate of drug-likeness (QED) is 0.107. The Kier molecular flexibility index (Phi) is 9.65. The van der Waals surface area contributed by atoms with Gasteiger partial charge in [0.2, 0.25) is 0 Å². The number of carbonyl (C=O) groups excluding carboxylic acids is 2. The van der Waals surface area contributed by atoms with Crippen LogP contribution in [-0.2, 0) is 0 Å². The van der Waals surface area contributed by atoms with Crippen LogP contribution in [0.25, 0.3) is 0 Å². The molecule has 0 saturated heterocycles. The van der Waals surface area contributed by atoms with E-state index >= 15 is 9.59 Å². The highest BCUT2D eigenvalue weighted by Crippen LogP contribution is 2.44. The summed E-state index contributed by atoms with van der Waals surface area (Å²) in [6.45, 7) is 0.386. The third-order valence-electron chi connectivity index (χ3n) is 11.4. The van der Waals surface area contributed by atoms with E-state index in [1.807, 2.05) is 24.3 Å². The minimum absolute atomic E-state index is 0.257. The summed E-state index contributed by atoms with van der Waals surface area (Å²) in [5.74, 6) is -0.515. The number of hydrogen-bond acceptors (Lipinski definition) is 3. The highest BCUT2D eigenvalue weighted by Gasteiger charge is 2.74. The molecule has 0 aromatic heterocycles. The minimum Gasteiger partial charge on any atom is -0.330 e. The van der Waals surface area contributed by atoms with Crippen molar-refractivity contribution in [2.45, 2.75) is 17.6 Å². The number of benzene rings is 7. The lowest BCUT2D eigenvalue weighted by Crippen LogP contribution is -2.98. The number of hydrogen-bond donors (Lipinski definition) is 1. The molecule has 0 unspecified atom stereocenters.